The van der Waals surface area contributed by atoms with Gasteiger partial charge < -0.3 is 15.2 Å². The Labute approximate surface area is 168 Å². The summed E-state index contributed by atoms with van der Waals surface area (Å²) >= 11 is 11.9. The van der Waals surface area contributed by atoms with Crippen molar-refractivity contribution in [2.24, 2.45) is 0 Å². The number of ether oxygens (including phenoxy) is 1. The molecule has 0 aliphatic carbocycles. The molecule has 0 saturated heterocycles. The predicted molar refractivity (Wildman–Crippen MR) is 113 cm³/mol. The van der Waals surface area contributed by atoms with Crippen molar-refractivity contribution >= 4 is 46.0 Å². The molecule has 136 valence electrons. The summed E-state index contributed by atoms with van der Waals surface area (Å²) in [4.78, 5) is 0.355. The first-order valence-electron chi connectivity index (χ1n) is 8.20. The van der Waals surface area contributed by atoms with Gasteiger partial charge in [0, 0.05) is 23.4 Å². The highest BCUT2D eigenvalue weighted by Gasteiger charge is 2.24. The first kappa shape index (κ1) is 18.9. The van der Waals surface area contributed by atoms with Crippen LogP contribution in [0.4, 0.5) is 5.69 Å². The topological polar surface area (TPSA) is 45.4 Å². The Morgan fingerprint density at radius 1 is 1.00 bits per heavy atom. The lowest BCUT2D eigenvalue weighted by Gasteiger charge is -2.11. The van der Waals surface area contributed by atoms with Crippen molar-refractivity contribution in [1.29, 1.82) is 0 Å². The molecule has 0 bridgehead atoms. The molecule has 0 saturated carbocycles. The molecule has 6 heteroatoms. The first-order chi connectivity index (χ1) is 13.1. The third kappa shape index (κ3) is 4.45. The van der Waals surface area contributed by atoms with E-state index >= 15 is 0 Å². The highest BCUT2D eigenvalue weighted by molar-refractivity contribution is 7.81. The number of hydrogen-bond acceptors (Lipinski definition) is 3. The molecule has 1 heterocycles. The minimum atomic E-state index is -0.0113. The number of aliphatic hydroxyl groups is 1. The molecule has 0 aliphatic rings. The van der Waals surface area contributed by atoms with Crippen molar-refractivity contribution in [3.63, 3.8) is 0 Å². The molecule has 2 aromatic carbocycles. The summed E-state index contributed by atoms with van der Waals surface area (Å²) in [7, 11) is 1.61. The summed E-state index contributed by atoms with van der Waals surface area (Å²) in [5, 5.41) is 14.6. The molecule has 0 unspecified atom stereocenters. The molecule has 2 N–H and O–H groups in total. The Morgan fingerprint density at radius 3 is 2.30 bits per heavy atom. The molecule has 0 aliphatic heterocycles. The van der Waals surface area contributed by atoms with E-state index in [1.807, 2.05) is 67.0 Å². The lowest BCUT2D eigenvalue weighted by atomic mass is 10.1. The zero-order chi connectivity index (χ0) is 19.2. The van der Waals surface area contributed by atoms with Crippen LogP contribution in [0.2, 0.25) is 5.02 Å². The van der Waals surface area contributed by atoms with E-state index in [-0.39, 0.29) is 5.76 Å². The quantitative estimate of drug-likeness (QED) is 0.276. The molecule has 0 fully saturated rings. The minimum Gasteiger partial charge on any atom is -0.502 e. The Kier molecular flexibility index (Phi) is 6.06. The number of aliphatic hydroxyl groups excluding tert-OH is 1. The van der Waals surface area contributed by atoms with Crippen LogP contribution in [0, 0.1) is 0 Å². The lowest BCUT2D eigenvalue weighted by Crippen LogP contribution is -2.38. The molecule has 3 rings (SSSR count). The van der Waals surface area contributed by atoms with Gasteiger partial charge in [0.05, 0.1) is 12.1 Å². The average Bonchev–Trinajstić information content (AvgIpc) is 2.70. The van der Waals surface area contributed by atoms with Crippen LogP contribution in [0.1, 0.15) is 5.56 Å². The fourth-order valence-corrected chi connectivity index (χ4v) is 3.09. The van der Waals surface area contributed by atoms with E-state index in [0.29, 0.717) is 21.3 Å². The normalized spacial score (nSPS) is 11.5. The second-order valence-electron chi connectivity index (χ2n) is 5.64. The number of nitrogens with one attached hydrogen (secondary N) is 1. The number of thiocarbonyl (C=S) groups is 1. The Morgan fingerprint density at radius 2 is 1.67 bits per heavy atom. The summed E-state index contributed by atoms with van der Waals surface area (Å²) in [5.41, 5.74) is 1.71. The van der Waals surface area contributed by atoms with Crippen LogP contribution in [-0.2, 0) is 0 Å². The van der Waals surface area contributed by atoms with Gasteiger partial charge in [0.1, 0.15) is 5.75 Å². The van der Waals surface area contributed by atoms with Gasteiger partial charge in [0.2, 0.25) is 5.76 Å². The molecular formula is C21H18ClN2O2S+. The monoisotopic (exact) mass is 397 g/mol. The Balaban J connectivity index is 2.03. The first-order valence-corrected chi connectivity index (χ1v) is 8.99. The fraction of sp³-hybridized carbons (Fsp3) is 0.0476. The summed E-state index contributed by atoms with van der Waals surface area (Å²) in [6.45, 7) is 0. The van der Waals surface area contributed by atoms with Gasteiger partial charge in [0.15, 0.2) is 17.4 Å². The fourth-order valence-electron chi connectivity index (χ4n) is 2.54. The smallest absolute Gasteiger partial charge is 0.288 e. The van der Waals surface area contributed by atoms with Gasteiger partial charge in [-0.05, 0) is 36.4 Å². The molecule has 0 spiro atoms. The van der Waals surface area contributed by atoms with Crippen LogP contribution in [0.15, 0.2) is 79.1 Å². The van der Waals surface area contributed by atoms with Gasteiger partial charge in [-0.3, -0.25) is 0 Å². The Bertz CT molecular complexity index is 973. The van der Waals surface area contributed by atoms with Crippen LogP contribution in [0.3, 0.4) is 0 Å². The van der Waals surface area contributed by atoms with Crippen LogP contribution < -0.4 is 14.6 Å². The van der Waals surface area contributed by atoms with E-state index in [1.165, 1.54) is 0 Å². The van der Waals surface area contributed by atoms with E-state index < -0.39 is 0 Å². The zero-order valence-corrected chi connectivity index (χ0v) is 16.2. The SMILES string of the molecule is COc1ccc(NC(=S)/C(=C(\O)c2ccccc2Cl)[n+]2ccccc2)cc1. The number of hydrogen-bond donors (Lipinski definition) is 2. The molecule has 4 nitrogen and oxygen atoms in total. The zero-order valence-electron chi connectivity index (χ0n) is 14.6. The molecular weight excluding hydrogens is 380 g/mol. The van der Waals surface area contributed by atoms with Gasteiger partial charge in [-0.2, -0.15) is 4.57 Å². The second kappa shape index (κ2) is 8.66. The highest BCUT2D eigenvalue weighted by Crippen LogP contribution is 2.25. The summed E-state index contributed by atoms with van der Waals surface area (Å²) < 4.78 is 6.92. The van der Waals surface area contributed by atoms with E-state index in [1.54, 1.807) is 23.8 Å². The van der Waals surface area contributed by atoms with Crippen molar-refractivity contribution < 1.29 is 14.4 Å². The standard InChI is InChI=1S/C21H17ClN2O2S/c1-26-16-11-9-15(10-12-16)23-21(27)19(24-13-5-2-6-14-24)20(25)17-7-3-4-8-18(17)22/h2-14H,1H3,(H-,23,25,27)/p+1. The van der Waals surface area contributed by atoms with E-state index in [9.17, 15) is 5.11 Å². The molecule has 0 radical (unpaired) electrons. The van der Waals surface area contributed by atoms with Crippen molar-refractivity contribution in [2.45, 2.75) is 0 Å². The maximum Gasteiger partial charge on any atom is 0.288 e. The van der Waals surface area contributed by atoms with Crippen LogP contribution in [0.5, 0.6) is 5.75 Å². The number of nitrogens with zero attached hydrogens (tertiary/aromatic N) is 1. The molecule has 0 atom stereocenters. The minimum absolute atomic E-state index is 0.0113. The third-order valence-electron chi connectivity index (χ3n) is 3.89. The van der Waals surface area contributed by atoms with Gasteiger partial charge >= 0.3 is 0 Å². The molecule has 0 amide bonds. The number of halogens is 1. The van der Waals surface area contributed by atoms with E-state index in [0.717, 1.165) is 11.4 Å². The van der Waals surface area contributed by atoms with Gasteiger partial charge in [0.25, 0.3) is 5.70 Å². The number of anilines is 1. The summed E-state index contributed by atoms with van der Waals surface area (Å²) in [6.07, 6.45) is 3.62. The van der Waals surface area contributed by atoms with Gasteiger partial charge in [-0.1, -0.05) is 42.0 Å². The average molecular weight is 398 g/mol. The Hall–Kier alpha value is -2.89. The summed E-state index contributed by atoms with van der Waals surface area (Å²) in [6, 6.07) is 20.1. The molecule has 27 heavy (non-hydrogen) atoms. The number of pyridine rings is 1. The summed E-state index contributed by atoms with van der Waals surface area (Å²) in [5.74, 6) is 0.737. The number of methoxy groups -OCH3 is 1. The third-order valence-corrected chi connectivity index (χ3v) is 4.52. The van der Waals surface area contributed by atoms with Crippen molar-refractivity contribution in [3.8, 4) is 5.75 Å². The highest BCUT2D eigenvalue weighted by atomic mass is 35.5. The van der Waals surface area contributed by atoms with Gasteiger partial charge in [-0.25, -0.2) is 0 Å². The maximum atomic E-state index is 11.0. The predicted octanol–water partition coefficient (Wildman–Crippen LogP) is 4.96. The molecule has 3 aromatic rings. The van der Waals surface area contributed by atoms with Crippen LogP contribution in [-0.4, -0.2) is 17.2 Å². The van der Waals surface area contributed by atoms with Crippen molar-refractivity contribution in [2.75, 3.05) is 12.4 Å². The maximum absolute atomic E-state index is 11.0. The van der Waals surface area contributed by atoms with E-state index in [2.05, 4.69) is 5.32 Å². The largest absolute Gasteiger partial charge is 0.502 e. The van der Waals surface area contributed by atoms with Gasteiger partial charge in [-0.15, -0.1) is 0 Å². The number of rotatable bonds is 5. The van der Waals surface area contributed by atoms with E-state index in [4.69, 9.17) is 28.6 Å². The number of benzene rings is 2. The van der Waals surface area contributed by atoms with Crippen molar-refractivity contribution in [3.05, 3.63) is 89.7 Å². The molecule has 1 aromatic heterocycles. The number of aromatic nitrogens is 1. The van der Waals surface area contributed by atoms with Crippen LogP contribution >= 0.6 is 23.8 Å². The second-order valence-corrected chi connectivity index (χ2v) is 6.46. The van der Waals surface area contributed by atoms with Crippen molar-refractivity contribution in [1.82, 2.24) is 0 Å². The lowest BCUT2D eigenvalue weighted by molar-refractivity contribution is -0.575. The van der Waals surface area contributed by atoms with Crippen LogP contribution in [0.25, 0.3) is 11.5 Å².